The normalized spacial score (nSPS) is 17.1. The molecular weight excluding hydrogens is 252 g/mol. The van der Waals surface area contributed by atoms with Crippen LogP contribution in [0.3, 0.4) is 0 Å². The van der Waals surface area contributed by atoms with Gasteiger partial charge in [-0.05, 0) is 12.3 Å². The van der Waals surface area contributed by atoms with Gasteiger partial charge in [0.1, 0.15) is 4.32 Å². The van der Waals surface area contributed by atoms with Crippen molar-refractivity contribution < 1.29 is 19.8 Å². The number of carboxylic acids is 2. The zero-order valence-corrected chi connectivity index (χ0v) is 9.87. The number of carbonyl (C=O) groups is 2. The first-order valence-electron chi connectivity index (χ1n) is 4.52. The van der Waals surface area contributed by atoms with Crippen LogP contribution in [0.25, 0.3) is 0 Å². The highest BCUT2D eigenvalue weighted by molar-refractivity contribution is 9.10. The summed E-state index contributed by atoms with van der Waals surface area (Å²) in [5, 5.41) is 17.6. The summed E-state index contributed by atoms with van der Waals surface area (Å²) in [4.78, 5) is 21.5. The fourth-order valence-electron chi connectivity index (χ4n) is 1.45. The Labute approximate surface area is 91.4 Å². The van der Waals surface area contributed by atoms with Crippen LogP contribution in [0.5, 0.6) is 0 Å². The first kappa shape index (κ1) is 13.4. The molecule has 2 unspecified atom stereocenters. The Kier molecular flexibility index (Phi) is 5.12. The highest BCUT2D eigenvalue weighted by Gasteiger charge is 2.41. The van der Waals surface area contributed by atoms with Gasteiger partial charge in [0.05, 0.1) is 6.42 Å². The van der Waals surface area contributed by atoms with Crippen LogP contribution in [0.15, 0.2) is 0 Å². The molecule has 82 valence electrons. The number of rotatable bonds is 6. The Morgan fingerprint density at radius 2 is 1.86 bits per heavy atom. The minimum Gasteiger partial charge on any atom is -0.481 e. The van der Waals surface area contributed by atoms with E-state index in [-0.39, 0.29) is 12.3 Å². The van der Waals surface area contributed by atoms with E-state index in [1.54, 1.807) is 13.8 Å². The fraction of sp³-hybridized carbons (Fsp3) is 0.778. The summed E-state index contributed by atoms with van der Waals surface area (Å²) in [7, 11) is 0. The minimum atomic E-state index is -1.11. The Morgan fingerprint density at radius 1 is 1.36 bits per heavy atom. The summed E-state index contributed by atoms with van der Waals surface area (Å²) in [5.74, 6) is -2.34. The summed E-state index contributed by atoms with van der Waals surface area (Å²) in [6, 6.07) is 0. The predicted molar refractivity (Wildman–Crippen MR) is 55.6 cm³/mol. The van der Waals surface area contributed by atoms with Gasteiger partial charge >= 0.3 is 11.9 Å². The minimum absolute atomic E-state index is 0.123. The van der Waals surface area contributed by atoms with Crippen LogP contribution < -0.4 is 0 Å². The van der Waals surface area contributed by atoms with Gasteiger partial charge in [-0.15, -0.1) is 0 Å². The number of aliphatic carboxylic acids is 2. The van der Waals surface area contributed by atoms with Crippen LogP contribution in [-0.4, -0.2) is 26.5 Å². The van der Waals surface area contributed by atoms with Crippen molar-refractivity contribution >= 4 is 27.9 Å². The Hall–Kier alpha value is -0.580. The standard InChI is InChI=1S/C9H15BrO4/c1-3-6(5-7(11)12)9(10,4-2)8(13)14/h6H,3-5H2,1-2H3,(H,11,12)(H,13,14). The molecule has 0 aliphatic carbocycles. The zero-order valence-electron chi connectivity index (χ0n) is 8.29. The second kappa shape index (κ2) is 5.34. The number of carboxylic acid groups (broad SMARTS) is 2. The average molecular weight is 267 g/mol. The third-order valence-electron chi connectivity index (χ3n) is 2.43. The third kappa shape index (κ3) is 2.97. The highest BCUT2D eigenvalue weighted by Crippen LogP contribution is 2.36. The molecule has 0 saturated carbocycles. The van der Waals surface area contributed by atoms with E-state index in [2.05, 4.69) is 15.9 Å². The molecule has 0 radical (unpaired) electrons. The van der Waals surface area contributed by atoms with Crippen molar-refractivity contribution in [1.29, 1.82) is 0 Å². The molecule has 0 amide bonds. The lowest BCUT2D eigenvalue weighted by atomic mass is 9.85. The van der Waals surface area contributed by atoms with Crippen molar-refractivity contribution in [2.45, 2.75) is 37.4 Å². The quantitative estimate of drug-likeness (QED) is 0.723. The van der Waals surface area contributed by atoms with Gasteiger partial charge in [0.2, 0.25) is 0 Å². The predicted octanol–water partition coefficient (Wildman–Crippen LogP) is 2.12. The van der Waals surface area contributed by atoms with Gasteiger partial charge in [0, 0.05) is 0 Å². The van der Waals surface area contributed by atoms with Crippen LogP contribution in [0.4, 0.5) is 0 Å². The molecule has 14 heavy (non-hydrogen) atoms. The van der Waals surface area contributed by atoms with Crippen LogP contribution >= 0.6 is 15.9 Å². The largest absolute Gasteiger partial charge is 0.481 e. The van der Waals surface area contributed by atoms with Crippen LogP contribution in [0, 0.1) is 5.92 Å². The van der Waals surface area contributed by atoms with E-state index >= 15 is 0 Å². The fourth-order valence-corrected chi connectivity index (χ4v) is 1.94. The molecule has 0 spiro atoms. The topological polar surface area (TPSA) is 74.6 Å². The molecule has 0 rings (SSSR count). The molecule has 2 N–H and O–H groups in total. The molecule has 0 fully saturated rings. The monoisotopic (exact) mass is 266 g/mol. The summed E-state index contributed by atoms with van der Waals surface area (Å²) in [6.45, 7) is 3.52. The first-order chi connectivity index (χ1) is 6.38. The van der Waals surface area contributed by atoms with E-state index in [1.165, 1.54) is 0 Å². The van der Waals surface area contributed by atoms with Gasteiger partial charge in [0.15, 0.2) is 0 Å². The smallest absolute Gasteiger partial charge is 0.320 e. The van der Waals surface area contributed by atoms with Crippen molar-refractivity contribution in [2.75, 3.05) is 0 Å². The third-order valence-corrected chi connectivity index (χ3v) is 3.98. The molecule has 0 heterocycles. The molecule has 0 aromatic heterocycles. The molecule has 2 atom stereocenters. The van der Waals surface area contributed by atoms with Crippen LogP contribution in [-0.2, 0) is 9.59 Å². The second-order valence-corrected chi connectivity index (χ2v) is 4.64. The molecule has 0 aliphatic rings. The van der Waals surface area contributed by atoms with Gasteiger partial charge in [0.25, 0.3) is 0 Å². The van der Waals surface area contributed by atoms with E-state index in [9.17, 15) is 9.59 Å². The molecule has 0 aromatic rings. The lowest BCUT2D eigenvalue weighted by Gasteiger charge is -2.29. The SMILES string of the molecule is CCC(CC(=O)O)C(Br)(CC)C(=O)O. The van der Waals surface area contributed by atoms with Crippen LogP contribution in [0.2, 0.25) is 0 Å². The van der Waals surface area contributed by atoms with Gasteiger partial charge in [-0.1, -0.05) is 36.2 Å². The van der Waals surface area contributed by atoms with Gasteiger partial charge in [-0.3, -0.25) is 9.59 Å². The highest BCUT2D eigenvalue weighted by atomic mass is 79.9. The second-order valence-electron chi connectivity index (χ2n) is 3.22. The maximum atomic E-state index is 11.0. The lowest BCUT2D eigenvalue weighted by Crippen LogP contribution is -2.40. The van der Waals surface area contributed by atoms with Crippen molar-refractivity contribution in [2.24, 2.45) is 5.92 Å². The molecule has 5 heteroatoms. The maximum Gasteiger partial charge on any atom is 0.320 e. The van der Waals surface area contributed by atoms with Gasteiger partial charge in [-0.2, -0.15) is 0 Å². The van der Waals surface area contributed by atoms with Crippen molar-refractivity contribution in [3.63, 3.8) is 0 Å². The van der Waals surface area contributed by atoms with Crippen molar-refractivity contribution in [3.8, 4) is 0 Å². The van der Waals surface area contributed by atoms with E-state index in [4.69, 9.17) is 10.2 Å². The zero-order chi connectivity index (χ0) is 11.4. The van der Waals surface area contributed by atoms with Crippen molar-refractivity contribution in [3.05, 3.63) is 0 Å². The number of hydrogen-bond acceptors (Lipinski definition) is 2. The molecule has 0 saturated heterocycles. The molecule has 0 aliphatic heterocycles. The molecule has 0 aromatic carbocycles. The summed E-state index contributed by atoms with van der Waals surface area (Å²) in [6.07, 6.45) is 0.772. The van der Waals surface area contributed by atoms with Gasteiger partial charge in [-0.25, -0.2) is 0 Å². The number of hydrogen-bond donors (Lipinski definition) is 2. The Balaban J connectivity index is 4.77. The molecular formula is C9H15BrO4. The average Bonchev–Trinajstić information content (AvgIpc) is 2.12. The van der Waals surface area contributed by atoms with E-state index in [0.717, 1.165) is 0 Å². The first-order valence-corrected chi connectivity index (χ1v) is 5.31. The van der Waals surface area contributed by atoms with Crippen molar-refractivity contribution in [1.82, 2.24) is 0 Å². The van der Waals surface area contributed by atoms with Gasteiger partial charge < -0.3 is 10.2 Å². The number of halogens is 1. The summed E-state index contributed by atoms with van der Waals surface area (Å²) >= 11 is 3.14. The van der Waals surface area contributed by atoms with E-state index < -0.39 is 16.3 Å². The van der Waals surface area contributed by atoms with Crippen LogP contribution in [0.1, 0.15) is 33.1 Å². The summed E-state index contributed by atoms with van der Waals surface area (Å²) < 4.78 is -1.11. The van der Waals surface area contributed by atoms with E-state index in [1.807, 2.05) is 0 Å². The van der Waals surface area contributed by atoms with E-state index in [0.29, 0.717) is 12.8 Å². The number of alkyl halides is 1. The Bertz CT molecular complexity index is 229. The maximum absolute atomic E-state index is 11.0. The molecule has 0 bridgehead atoms. The Morgan fingerprint density at radius 3 is 2.07 bits per heavy atom. The summed E-state index contributed by atoms with van der Waals surface area (Å²) in [5.41, 5.74) is 0. The molecule has 4 nitrogen and oxygen atoms in total. The lowest BCUT2D eigenvalue weighted by molar-refractivity contribution is -0.143.